The fraction of sp³-hybridized carbons (Fsp3) is 0.167. The van der Waals surface area contributed by atoms with E-state index in [2.05, 4.69) is 0 Å². The van der Waals surface area contributed by atoms with Gasteiger partial charge in [-0.15, -0.1) is 0 Å². The summed E-state index contributed by atoms with van der Waals surface area (Å²) in [5, 5.41) is 18.2. The van der Waals surface area contributed by atoms with Gasteiger partial charge in [-0.3, -0.25) is 4.79 Å². The van der Waals surface area contributed by atoms with Gasteiger partial charge < -0.3 is 19.7 Å². The fourth-order valence-electron chi connectivity index (χ4n) is 1.36. The highest BCUT2D eigenvalue weighted by atomic mass is 16.5. The van der Waals surface area contributed by atoms with E-state index < -0.39 is 17.5 Å². The minimum absolute atomic E-state index is 0.122. The molecule has 0 saturated heterocycles. The lowest BCUT2D eigenvalue weighted by molar-refractivity contribution is -0.146. The number of hydrogen-bond donors (Lipinski definition) is 2. The quantitative estimate of drug-likeness (QED) is 0.465. The summed E-state index contributed by atoms with van der Waals surface area (Å²) in [5.74, 6) is -2.89. The summed E-state index contributed by atoms with van der Waals surface area (Å²) in [7, 11) is 2.76. The van der Waals surface area contributed by atoms with Crippen LogP contribution in [0.1, 0.15) is 5.56 Å². The highest BCUT2D eigenvalue weighted by Gasteiger charge is 2.17. The first-order chi connectivity index (χ1) is 8.51. The number of rotatable bonds is 5. The second-order valence-electron chi connectivity index (χ2n) is 3.24. The number of carbonyl (C=O) groups excluding carboxylic acids is 1. The molecule has 0 amide bonds. The third-order valence-electron chi connectivity index (χ3n) is 2.16. The summed E-state index contributed by atoms with van der Waals surface area (Å²) >= 11 is 0. The molecule has 6 heteroatoms. The van der Waals surface area contributed by atoms with Crippen molar-refractivity contribution in [3.8, 4) is 11.5 Å². The molecule has 0 saturated carbocycles. The molecule has 0 aliphatic rings. The Balaban J connectivity index is 3.30. The van der Waals surface area contributed by atoms with Crippen LogP contribution in [0.3, 0.4) is 0 Å². The van der Waals surface area contributed by atoms with Gasteiger partial charge in [0.25, 0.3) is 5.78 Å². The highest BCUT2D eigenvalue weighted by Crippen LogP contribution is 2.33. The van der Waals surface area contributed by atoms with Gasteiger partial charge in [0.2, 0.25) is 0 Å². The van der Waals surface area contributed by atoms with Gasteiger partial charge >= 0.3 is 5.97 Å². The second kappa shape index (κ2) is 5.72. The van der Waals surface area contributed by atoms with Crippen LogP contribution in [0.15, 0.2) is 24.3 Å². The van der Waals surface area contributed by atoms with E-state index in [4.69, 9.17) is 14.6 Å². The molecule has 0 bridgehead atoms. The van der Waals surface area contributed by atoms with Crippen LogP contribution >= 0.6 is 0 Å². The van der Waals surface area contributed by atoms with Gasteiger partial charge in [0, 0.05) is 6.08 Å². The lowest BCUT2D eigenvalue weighted by Gasteiger charge is -2.11. The van der Waals surface area contributed by atoms with Crippen LogP contribution in [0.25, 0.3) is 5.76 Å². The lowest BCUT2D eigenvalue weighted by Crippen LogP contribution is -2.10. The Morgan fingerprint density at radius 2 is 1.61 bits per heavy atom. The molecule has 0 spiro atoms. The Bertz CT molecular complexity index is 481. The highest BCUT2D eigenvalue weighted by molar-refractivity contribution is 6.38. The van der Waals surface area contributed by atoms with E-state index in [1.165, 1.54) is 14.2 Å². The van der Waals surface area contributed by atoms with Crippen molar-refractivity contribution in [2.75, 3.05) is 14.2 Å². The maximum Gasteiger partial charge on any atom is 0.376 e. The molecule has 0 unspecified atom stereocenters. The number of aliphatic carboxylic acids is 1. The number of ether oxygens (including phenoxy) is 2. The zero-order chi connectivity index (χ0) is 13.7. The SMILES string of the molecule is COc1cccc(OC)c1/C(O)=C/C(=O)C(=O)O. The average molecular weight is 252 g/mol. The molecule has 0 aromatic heterocycles. The molecule has 1 rings (SSSR count). The summed E-state index contributed by atoms with van der Waals surface area (Å²) in [4.78, 5) is 21.4. The van der Waals surface area contributed by atoms with Crippen molar-refractivity contribution in [3.63, 3.8) is 0 Å². The molecule has 18 heavy (non-hydrogen) atoms. The predicted molar refractivity (Wildman–Crippen MR) is 62.8 cm³/mol. The van der Waals surface area contributed by atoms with Crippen LogP contribution in [0.2, 0.25) is 0 Å². The molecule has 96 valence electrons. The van der Waals surface area contributed by atoms with Gasteiger partial charge in [-0.2, -0.15) is 0 Å². The molecular weight excluding hydrogens is 240 g/mol. The van der Waals surface area contributed by atoms with E-state index in [0.717, 1.165) is 0 Å². The van der Waals surface area contributed by atoms with Crippen molar-refractivity contribution in [3.05, 3.63) is 29.8 Å². The third-order valence-corrected chi connectivity index (χ3v) is 2.16. The Kier molecular flexibility index (Phi) is 4.31. The number of aliphatic hydroxyl groups is 1. The van der Waals surface area contributed by atoms with Crippen molar-refractivity contribution in [2.24, 2.45) is 0 Å². The number of carboxylic acids is 1. The molecule has 0 fully saturated rings. The van der Waals surface area contributed by atoms with Crippen molar-refractivity contribution >= 4 is 17.5 Å². The van der Waals surface area contributed by atoms with Crippen LogP contribution in [0.5, 0.6) is 11.5 Å². The molecule has 0 atom stereocenters. The molecule has 1 aromatic carbocycles. The zero-order valence-electron chi connectivity index (χ0n) is 9.84. The van der Waals surface area contributed by atoms with E-state index in [1.54, 1.807) is 18.2 Å². The summed E-state index contributed by atoms with van der Waals surface area (Å²) in [6.45, 7) is 0. The molecular formula is C12H12O6. The largest absolute Gasteiger partial charge is 0.507 e. The number of aliphatic hydroxyl groups excluding tert-OH is 1. The fourth-order valence-corrected chi connectivity index (χ4v) is 1.36. The molecule has 0 heterocycles. The van der Waals surface area contributed by atoms with Crippen LogP contribution in [0, 0.1) is 0 Å². The summed E-state index contributed by atoms with van der Waals surface area (Å²) in [6.07, 6.45) is 0.600. The van der Waals surface area contributed by atoms with E-state index >= 15 is 0 Å². The molecule has 0 aliphatic heterocycles. The second-order valence-corrected chi connectivity index (χ2v) is 3.24. The van der Waals surface area contributed by atoms with Gasteiger partial charge in [-0.05, 0) is 12.1 Å². The van der Waals surface area contributed by atoms with Crippen molar-refractivity contribution < 1.29 is 29.3 Å². The van der Waals surface area contributed by atoms with Crippen LogP contribution in [0.4, 0.5) is 0 Å². The summed E-state index contributed by atoms with van der Waals surface area (Å²) in [6, 6.07) is 4.73. The third kappa shape index (κ3) is 2.79. The normalized spacial score (nSPS) is 10.9. The molecule has 6 nitrogen and oxygen atoms in total. The maximum atomic E-state index is 11.0. The van der Waals surface area contributed by atoms with Crippen molar-refractivity contribution in [2.45, 2.75) is 0 Å². The van der Waals surface area contributed by atoms with Gasteiger partial charge in [0.15, 0.2) is 0 Å². The zero-order valence-corrected chi connectivity index (χ0v) is 9.84. The first-order valence-corrected chi connectivity index (χ1v) is 4.90. The number of carbonyl (C=O) groups is 2. The summed E-state index contributed by atoms with van der Waals surface area (Å²) in [5.41, 5.74) is 0.122. The maximum absolute atomic E-state index is 11.0. The van der Waals surface area contributed by atoms with E-state index in [1.807, 2.05) is 0 Å². The van der Waals surface area contributed by atoms with E-state index in [-0.39, 0.29) is 17.1 Å². The Morgan fingerprint density at radius 1 is 1.11 bits per heavy atom. The monoisotopic (exact) mass is 252 g/mol. The van der Waals surface area contributed by atoms with Gasteiger partial charge in [-0.1, -0.05) is 6.07 Å². The average Bonchev–Trinajstić information content (AvgIpc) is 2.37. The van der Waals surface area contributed by atoms with E-state index in [0.29, 0.717) is 6.08 Å². The number of ketones is 1. The topological polar surface area (TPSA) is 93.1 Å². The van der Waals surface area contributed by atoms with Crippen LogP contribution < -0.4 is 9.47 Å². The minimum Gasteiger partial charge on any atom is -0.507 e. The number of methoxy groups -OCH3 is 2. The Hall–Kier alpha value is -2.50. The minimum atomic E-state index is -1.66. The Morgan fingerprint density at radius 3 is 2.00 bits per heavy atom. The number of hydrogen-bond acceptors (Lipinski definition) is 5. The van der Waals surface area contributed by atoms with Gasteiger partial charge in [0.1, 0.15) is 22.8 Å². The first kappa shape index (κ1) is 13.6. The molecule has 1 aromatic rings. The summed E-state index contributed by atoms with van der Waals surface area (Å²) < 4.78 is 10.0. The van der Waals surface area contributed by atoms with Crippen LogP contribution in [-0.4, -0.2) is 36.2 Å². The molecule has 2 N–H and O–H groups in total. The van der Waals surface area contributed by atoms with Crippen LogP contribution in [-0.2, 0) is 9.59 Å². The standard InChI is InChI=1S/C12H12O6/c1-17-9-4-3-5-10(18-2)11(9)7(13)6-8(14)12(15)16/h3-6,13H,1-2H3,(H,15,16)/b7-6-. The van der Waals surface area contributed by atoms with Gasteiger partial charge in [0.05, 0.1) is 14.2 Å². The van der Waals surface area contributed by atoms with Crippen molar-refractivity contribution in [1.82, 2.24) is 0 Å². The molecule has 0 aliphatic carbocycles. The molecule has 0 radical (unpaired) electrons. The smallest absolute Gasteiger partial charge is 0.376 e. The predicted octanol–water partition coefficient (Wildman–Crippen LogP) is 1.26. The van der Waals surface area contributed by atoms with Gasteiger partial charge in [-0.25, -0.2) is 4.79 Å². The number of benzene rings is 1. The van der Waals surface area contributed by atoms with E-state index in [9.17, 15) is 14.7 Å². The Labute approximate surface area is 103 Å². The number of carboxylic acid groups (broad SMARTS) is 1. The van der Waals surface area contributed by atoms with Crippen molar-refractivity contribution in [1.29, 1.82) is 0 Å². The first-order valence-electron chi connectivity index (χ1n) is 4.90. The lowest BCUT2D eigenvalue weighted by atomic mass is 10.1.